The summed E-state index contributed by atoms with van der Waals surface area (Å²) in [7, 11) is 18.2. The van der Waals surface area contributed by atoms with Gasteiger partial charge >= 0.3 is 366 Å². The topological polar surface area (TPSA) is 58.2 Å². The number of nitrogens with one attached hydrogen (secondary N) is 2. The van der Waals surface area contributed by atoms with E-state index in [4.69, 9.17) is 17.2 Å². The summed E-state index contributed by atoms with van der Waals surface area (Å²) in [5.74, 6) is -0.465. The first-order valence-corrected chi connectivity index (χ1v) is 36.4. The van der Waals surface area contributed by atoms with E-state index in [1.807, 2.05) is 50.2 Å². The number of halogens is 2. The van der Waals surface area contributed by atoms with E-state index in [1.54, 1.807) is 0 Å². The second-order valence-corrected chi connectivity index (χ2v) is 46.4. The van der Waals surface area contributed by atoms with Crippen molar-refractivity contribution in [1.29, 1.82) is 0 Å². The number of amides is 2. The molecule has 0 aliphatic heterocycles. The molecule has 6 aromatic carbocycles. The Kier molecular flexibility index (Phi) is 12.1. The predicted molar refractivity (Wildman–Crippen MR) is 251 cm³/mol. The molecule has 2 amide bonds. The van der Waals surface area contributed by atoms with Crippen LogP contribution >= 0.6 is 17.2 Å². The molecule has 0 aromatic heterocycles. The Balaban J connectivity index is 1.51. The van der Waals surface area contributed by atoms with Gasteiger partial charge in [-0.3, -0.25) is 0 Å². The van der Waals surface area contributed by atoms with Crippen molar-refractivity contribution >= 4 is 56.8 Å². The van der Waals surface area contributed by atoms with Crippen LogP contribution in [0.4, 0.5) is 0 Å². The van der Waals surface area contributed by atoms with Gasteiger partial charge in [0.1, 0.15) is 0 Å². The predicted octanol–water partition coefficient (Wildman–Crippen LogP) is 13.1. The van der Waals surface area contributed by atoms with Gasteiger partial charge in [-0.1, -0.05) is 0 Å². The fraction of sp³-hybridized carbons (Fsp3) is 0.192. The number of fused-ring (bicyclic) bond motifs is 2. The Morgan fingerprint density at radius 1 is 0.500 bits per heavy atom. The van der Waals surface area contributed by atoms with Crippen molar-refractivity contribution < 1.29 is 25.5 Å². The third kappa shape index (κ3) is 7.29. The Morgan fingerprint density at radius 2 is 0.867 bits per heavy atom. The molecule has 2 aliphatic carbocycles. The standard InChI is InChI=1S/2C23H19.C6H11BN2O2.2ClH.Hf/c2*1-2-17-9-6-7-13-21(17)22-14-8-12-19-15-20(16-23(19)22)18-10-4-3-5-11-18;1-3-5(10)8-7-9-6(11)4-2;;;/h2*3-16H,2H2,1H3;3-4H2,1-2H3,(H-,8,9,10,11);2*1H;/q;;;;;+1/p-1. The van der Waals surface area contributed by atoms with Crippen LogP contribution in [0.15, 0.2) is 146 Å². The van der Waals surface area contributed by atoms with Crippen LogP contribution in [0, 0.1) is 0 Å². The van der Waals surface area contributed by atoms with Crippen molar-refractivity contribution in [2.75, 3.05) is 0 Å². The average molecular weight is 995 g/mol. The summed E-state index contributed by atoms with van der Waals surface area (Å²) in [5.41, 5.74) is 15.1. The third-order valence-electron chi connectivity index (χ3n) is 12.6. The van der Waals surface area contributed by atoms with Gasteiger partial charge < -0.3 is 0 Å². The summed E-state index contributed by atoms with van der Waals surface area (Å²) in [6.07, 6.45) is 6.70. The van der Waals surface area contributed by atoms with Gasteiger partial charge in [0.2, 0.25) is 0 Å². The van der Waals surface area contributed by atoms with Gasteiger partial charge in [0.05, 0.1) is 0 Å². The van der Waals surface area contributed by atoms with Crippen LogP contribution < -0.4 is 10.5 Å². The molecular weight excluding hydrogens is 945 g/mol. The number of aryl methyl sites for hydroxylation is 2. The van der Waals surface area contributed by atoms with E-state index in [2.05, 4.69) is 146 Å². The second-order valence-electron chi connectivity index (χ2n) is 15.9. The van der Waals surface area contributed by atoms with Gasteiger partial charge in [-0.05, 0) is 0 Å². The molecule has 2 atom stereocenters. The number of allylic oxidation sites excluding steroid dienone is 2. The summed E-state index contributed by atoms with van der Waals surface area (Å²) in [6, 6.07) is 50.8. The van der Waals surface area contributed by atoms with Crippen LogP contribution in [0.25, 0.3) is 45.6 Å². The molecule has 0 heterocycles. The van der Waals surface area contributed by atoms with Gasteiger partial charge in [0.25, 0.3) is 0 Å². The first kappa shape index (κ1) is 42.0. The number of rotatable bonds is 13. The second kappa shape index (κ2) is 17.3. The Morgan fingerprint density at radius 3 is 1.25 bits per heavy atom. The molecular formula is C52H50BCl2HfN2O2. The molecule has 0 fully saturated rings. The minimum absolute atomic E-state index is 0.195. The van der Waals surface area contributed by atoms with Crippen molar-refractivity contribution in [2.24, 2.45) is 0 Å². The fourth-order valence-electron chi connectivity index (χ4n) is 9.74. The van der Waals surface area contributed by atoms with E-state index in [-0.39, 0.29) is 24.7 Å². The van der Waals surface area contributed by atoms with E-state index in [9.17, 15) is 9.59 Å². The Labute approximate surface area is 363 Å². The molecule has 0 saturated heterocycles. The summed E-state index contributed by atoms with van der Waals surface area (Å²) < 4.78 is -2.18. The summed E-state index contributed by atoms with van der Waals surface area (Å²) in [6.45, 7) is 8.00. The van der Waals surface area contributed by atoms with Crippen LogP contribution in [0.2, 0.25) is 0 Å². The number of benzene rings is 6. The zero-order valence-electron chi connectivity index (χ0n) is 34.6. The molecule has 8 heteroatoms. The van der Waals surface area contributed by atoms with E-state index in [1.165, 1.54) is 11.1 Å². The molecule has 0 bridgehead atoms. The third-order valence-corrected chi connectivity index (χ3v) is 40.7. The fourth-order valence-corrected chi connectivity index (χ4v) is 38.1. The van der Waals surface area contributed by atoms with Crippen LogP contribution in [-0.4, -0.2) is 16.4 Å². The number of carbonyl (C=O) groups excluding carboxylic acids is 2. The van der Waals surface area contributed by atoms with Crippen LogP contribution in [0.5, 0.6) is 0 Å². The molecule has 301 valence electrons. The summed E-state index contributed by atoms with van der Waals surface area (Å²) >= 11 is -6.49. The van der Waals surface area contributed by atoms with Gasteiger partial charge in [-0.15, -0.1) is 0 Å². The van der Waals surface area contributed by atoms with Crippen LogP contribution in [-0.2, 0) is 38.3 Å². The maximum atomic E-state index is 14.0. The van der Waals surface area contributed by atoms with E-state index >= 15 is 0 Å². The van der Waals surface area contributed by atoms with Crippen molar-refractivity contribution in [3.63, 3.8) is 0 Å². The normalized spacial score (nSPS) is 16.1. The van der Waals surface area contributed by atoms with E-state index < -0.39 is 27.8 Å². The SMILES string of the molecule is CCC(=O)N[B](NC(=O)CC)[Hf]([Cl])([Cl])([CH]1C(c2ccccc2)=Cc2c(-c3ccccc3CC)cccc21)[CH]1C(c2ccccc2)=Cc2c(-c3ccccc3CC)cccc21. The van der Waals surface area contributed by atoms with E-state index in [0.717, 1.165) is 79.6 Å². The van der Waals surface area contributed by atoms with Gasteiger partial charge in [0.15, 0.2) is 0 Å². The molecule has 0 spiro atoms. The first-order chi connectivity index (χ1) is 29.1. The molecule has 2 unspecified atom stereocenters. The van der Waals surface area contributed by atoms with Gasteiger partial charge in [-0.25, -0.2) is 0 Å². The van der Waals surface area contributed by atoms with E-state index in [0.29, 0.717) is 0 Å². The number of hydrogen-bond donors (Lipinski definition) is 2. The number of hydrogen-bond acceptors (Lipinski definition) is 2. The van der Waals surface area contributed by atoms with Crippen molar-refractivity contribution in [2.45, 2.75) is 60.7 Å². The van der Waals surface area contributed by atoms with Crippen LogP contribution in [0.3, 0.4) is 0 Å². The summed E-state index contributed by atoms with van der Waals surface area (Å²) in [4.78, 5) is 27.9. The quantitative estimate of drug-likeness (QED) is 0.113. The van der Waals surface area contributed by atoms with Crippen molar-refractivity contribution in [1.82, 2.24) is 10.5 Å². The van der Waals surface area contributed by atoms with Gasteiger partial charge in [0, 0.05) is 0 Å². The molecule has 0 saturated carbocycles. The zero-order valence-corrected chi connectivity index (χ0v) is 39.7. The Bertz CT molecular complexity index is 2480. The summed E-state index contributed by atoms with van der Waals surface area (Å²) in [5, 5.41) is 6.62. The molecule has 6 aromatic rings. The minimum atomic E-state index is -6.49. The molecule has 0 radical (unpaired) electrons. The van der Waals surface area contributed by atoms with Crippen molar-refractivity contribution in [3.05, 3.63) is 190 Å². The zero-order chi connectivity index (χ0) is 42.0. The first-order valence-electron chi connectivity index (χ1n) is 21.2. The van der Waals surface area contributed by atoms with Crippen LogP contribution in [0.1, 0.15) is 92.4 Å². The molecule has 60 heavy (non-hydrogen) atoms. The van der Waals surface area contributed by atoms with Gasteiger partial charge in [-0.2, -0.15) is 0 Å². The van der Waals surface area contributed by atoms with Crippen molar-refractivity contribution in [3.8, 4) is 22.3 Å². The molecule has 2 N–H and O–H groups in total. The maximum absolute atomic E-state index is 14.0. The monoisotopic (exact) mass is 995 g/mol. The molecule has 8 rings (SSSR count). The average Bonchev–Trinajstić information content (AvgIpc) is 3.91. The molecule has 2 aliphatic rings. The Hall–Kier alpha value is -4.74. The molecule has 4 nitrogen and oxygen atoms in total. The number of carbonyl (C=O) groups is 2.